The van der Waals surface area contributed by atoms with E-state index < -0.39 is 11.9 Å². The quantitative estimate of drug-likeness (QED) is 0.364. The molecule has 4 aromatic heterocycles. The Kier molecular flexibility index (Phi) is 5.03. The van der Waals surface area contributed by atoms with E-state index in [0.29, 0.717) is 39.4 Å². The van der Waals surface area contributed by atoms with Crippen LogP contribution in [0.25, 0.3) is 33.8 Å². The molecule has 3 saturated carbocycles. The first-order chi connectivity index (χ1) is 16.1. The molecule has 0 aromatic carbocycles. The maximum Gasteiger partial charge on any atom is 0.308 e. The normalized spacial score (nSPS) is 24.3. The number of carbonyl (C=O) groups is 1. The zero-order valence-electron chi connectivity index (χ0n) is 17.5. The molecule has 33 heavy (non-hydrogen) atoms. The number of hydrogen-bond donors (Lipinski definition) is 3. The van der Waals surface area contributed by atoms with Crippen molar-refractivity contribution in [3.63, 3.8) is 0 Å². The number of rotatable bonds is 5. The van der Waals surface area contributed by atoms with E-state index in [1.807, 2.05) is 22.9 Å². The molecule has 10 heteroatoms. The summed E-state index contributed by atoms with van der Waals surface area (Å²) in [6, 6.07) is 3.76. The van der Waals surface area contributed by atoms with Crippen LogP contribution in [0.2, 0.25) is 5.15 Å². The van der Waals surface area contributed by atoms with Crippen molar-refractivity contribution in [1.29, 1.82) is 0 Å². The van der Waals surface area contributed by atoms with Gasteiger partial charge in [0.15, 0.2) is 11.5 Å². The van der Waals surface area contributed by atoms with Crippen molar-refractivity contribution in [3.05, 3.63) is 40.4 Å². The molecule has 0 saturated heterocycles. The zero-order valence-corrected chi connectivity index (χ0v) is 19.1. The molecular weight excluding hydrogens is 460 g/mol. The van der Waals surface area contributed by atoms with Crippen molar-refractivity contribution in [2.24, 2.45) is 17.8 Å². The molecular formula is C23H21ClN6O2S. The van der Waals surface area contributed by atoms with Gasteiger partial charge >= 0.3 is 5.97 Å². The molecule has 168 valence electrons. The molecule has 3 aliphatic rings. The van der Waals surface area contributed by atoms with E-state index in [-0.39, 0.29) is 12.0 Å². The van der Waals surface area contributed by atoms with E-state index in [0.717, 1.165) is 36.9 Å². The Morgan fingerprint density at radius 1 is 1.18 bits per heavy atom. The fourth-order valence-corrected chi connectivity index (χ4v) is 6.21. The minimum absolute atomic E-state index is 0.148. The number of carboxylic acid groups (broad SMARTS) is 1. The lowest BCUT2D eigenvalue weighted by Gasteiger charge is -2.47. The van der Waals surface area contributed by atoms with Gasteiger partial charge in [-0.3, -0.25) is 4.79 Å². The lowest BCUT2D eigenvalue weighted by Crippen LogP contribution is -2.51. The van der Waals surface area contributed by atoms with Crippen LogP contribution in [-0.4, -0.2) is 42.0 Å². The summed E-state index contributed by atoms with van der Waals surface area (Å²) < 4.78 is 0. The van der Waals surface area contributed by atoms with Gasteiger partial charge in [0.25, 0.3) is 0 Å². The molecule has 2 bridgehead atoms. The Balaban J connectivity index is 1.45. The van der Waals surface area contributed by atoms with E-state index in [1.54, 1.807) is 17.5 Å². The first-order valence-corrected chi connectivity index (χ1v) is 12.3. The molecule has 8 nitrogen and oxygen atoms in total. The van der Waals surface area contributed by atoms with Gasteiger partial charge in [-0.15, -0.1) is 0 Å². The molecule has 7 rings (SSSR count). The van der Waals surface area contributed by atoms with Gasteiger partial charge in [-0.25, -0.2) is 19.9 Å². The highest BCUT2D eigenvalue weighted by Crippen LogP contribution is 2.46. The van der Waals surface area contributed by atoms with E-state index in [2.05, 4.69) is 20.3 Å². The van der Waals surface area contributed by atoms with Gasteiger partial charge in [-0.05, 0) is 49.0 Å². The molecule has 0 radical (unpaired) electrons. The summed E-state index contributed by atoms with van der Waals surface area (Å²) in [7, 11) is 0. The Morgan fingerprint density at radius 3 is 2.76 bits per heavy atom. The van der Waals surface area contributed by atoms with Gasteiger partial charge in [-0.1, -0.05) is 11.6 Å². The van der Waals surface area contributed by atoms with Crippen molar-refractivity contribution >= 4 is 45.9 Å². The van der Waals surface area contributed by atoms with Crippen molar-refractivity contribution in [1.82, 2.24) is 24.9 Å². The first-order valence-electron chi connectivity index (χ1n) is 11.0. The molecule has 3 aliphatic carbocycles. The number of H-pyrrole nitrogens is 1. The molecule has 3 fully saturated rings. The van der Waals surface area contributed by atoms with Crippen molar-refractivity contribution in [2.45, 2.75) is 31.7 Å². The first kappa shape index (κ1) is 20.6. The molecule has 0 amide bonds. The molecule has 4 aromatic rings. The van der Waals surface area contributed by atoms with Crippen molar-refractivity contribution in [2.75, 3.05) is 5.32 Å². The second kappa shape index (κ2) is 8.07. The summed E-state index contributed by atoms with van der Waals surface area (Å²) >= 11 is 7.69. The molecule has 3 N–H and O–H groups in total. The van der Waals surface area contributed by atoms with Crippen LogP contribution < -0.4 is 5.32 Å². The minimum Gasteiger partial charge on any atom is -0.481 e. The predicted octanol–water partition coefficient (Wildman–Crippen LogP) is 5.10. The number of aromatic amines is 1. The lowest BCUT2D eigenvalue weighted by molar-refractivity contribution is -0.148. The second-order valence-corrected chi connectivity index (χ2v) is 9.94. The highest BCUT2D eigenvalue weighted by Gasteiger charge is 2.47. The van der Waals surface area contributed by atoms with Crippen molar-refractivity contribution < 1.29 is 9.90 Å². The second-order valence-electron chi connectivity index (χ2n) is 8.78. The number of anilines is 1. The lowest BCUT2D eigenvalue weighted by atomic mass is 9.61. The largest absolute Gasteiger partial charge is 0.481 e. The number of carboxylic acids is 1. The average Bonchev–Trinajstić information content (AvgIpc) is 3.49. The number of halogens is 1. The van der Waals surface area contributed by atoms with Gasteiger partial charge in [0.05, 0.1) is 23.4 Å². The van der Waals surface area contributed by atoms with E-state index >= 15 is 0 Å². The smallest absolute Gasteiger partial charge is 0.308 e. The van der Waals surface area contributed by atoms with Gasteiger partial charge in [0.1, 0.15) is 16.5 Å². The van der Waals surface area contributed by atoms with Gasteiger partial charge in [-0.2, -0.15) is 11.3 Å². The number of fused-ring (bicyclic) bond motifs is 4. The Morgan fingerprint density at radius 2 is 2.00 bits per heavy atom. The third kappa shape index (κ3) is 3.65. The summed E-state index contributed by atoms with van der Waals surface area (Å²) in [5.41, 5.74) is 3.64. The third-order valence-electron chi connectivity index (χ3n) is 6.95. The standard InChI is InChI=1S/C23H21ClN6O2S/c24-16-9-26-22-20(28-16)14(8-25-22)21-27-15(13-5-6-33-10-13)7-17(30-21)29-19-12-3-1-11(2-4-12)18(19)23(31)32/h5-12,18-19H,1-4H2,(H,25,26)(H,31,32)(H,27,29,30)/t11?,12?,18-,19?/m0/s1. The van der Waals surface area contributed by atoms with Crippen molar-refractivity contribution in [3.8, 4) is 22.6 Å². The Bertz CT molecular complexity index is 1330. The highest BCUT2D eigenvalue weighted by atomic mass is 35.5. The fraction of sp³-hybridized carbons (Fsp3) is 0.348. The van der Waals surface area contributed by atoms with Gasteiger partial charge in [0.2, 0.25) is 0 Å². The van der Waals surface area contributed by atoms with E-state index in [9.17, 15) is 9.90 Å². The van der Waals surface area contributed by atoms with Crippen LogP contribution in [0.3, 0.4) is 0 Å². The highest BCUT2D eigenvalue weighted by molar-refractivity contribution is 7.08. The Hall–Kier alpha value is -3.04. The van der Waals surface area contributed by atoms with Crippen LogP contribution in [0.5, 0.6) is 0 Å². The average molecular weight is 481 g/mol. The van der Waals surface area contributed by atoms with Gasteiger partial charge in [0, 0.05) is 29.2 Å². The summed E-state index contributed by atoms with van der Waals surface area (Å²) in [4.78, 5) is 33.5. The van der Waals surface area contributed by atoms with Crippen LogP contribution in [0, 0.1) is 17.8 Å². The van der Waals surface area contributed by atoms with Crippen LogP contribution in [0.4, 0.5) is 5.82 Å². The summed E-state index contributed by atoms with van der Waals surface area (Å²) in [6.07, 6.45) is 7.35. The van der Waals surface area contributed by atoms with Crippen LogP contribution in [-0.2, 0) is 4.79 Å². The van der Waals surface area contributed by atoms with E-state index in [4.69, 9.17) is 21.6 Å². The number of hydrogen-bond acceptors (Lipinski definition) is 7. The Labute approximate surface area is 198 Å². The van der Waals surface area contributed by atoms with Crippen LogP contribution in [0.15, 0.2) is 35.3 Å². The summed E-state index contributed by atoms with van der Waals surface area (Å²) in [6.45, 7) is 0. The SMILES string of the molecule is O=C(O)[C@H]1C2CCC(CC2)C1Nc1cc(-c2ccsc2)nc(-c2c[nH]c3ncc(Cl)nc23)n1. The topological polar surface area (TPSA) is 117 Å². The fourth-order valence-electron chi connectivity index (χ4n) is 5.42. The minimum atomic E-state index is -0.726. The molecule has 0 aliphatic heterocycles. The molecule has 0 spiro atoms. The molecule has 2 atom stereocenters. The number of aromatic nitrogens is 5. The molecule has 1 unspecified atom stereocenters. The number of aliphatic carboxylic acids is 1. The maximum absolute atomic E-state index is 12.1. The maximum atomic E-state index is 12.1. The number of nitrogens with zero attached hydrogens (tertiary/aromatic N) is 4. The number of nitrogens with one attached hydrogen (secondary N) is 2. The number of thiophene rings is 1. The summed E-state index contributed by atoms with van der Waals surface area (Å²) in [5, 5.41) is 17.8. The van der Waals surface area contributed by atoms with E-state index in [1.165, 1.54) is 6.20 Å². The third-order valence-corrected chi connectivity index (χ3v) is 7.82. The summed E-state index contributed by atoms with van der Waals surface area (Å²) in [5.74, 6) is 0.519. The predicted molar refractivity (Wildman–Crippen MR) is 127 cm³/mol. The van der Waals surface area contributed by atoms with Crippen LogP contribution >= 0.6 is 22.9 Å². The van der Waals surface area contributed by atoms with Crippen LogP contribution in [0.1, 0.15) is 25.7 Å². The monoisotopic (exact) mass is 480 g/mol. The van der Waals surface area contributed by atoms with Gasteiger partial charge < -0.3 is 15.4 Å². The molecule has 4 heterocycles. The zero-order chi connectivity index (χ0) is 22.5.